The molecule has 0 spiro atoms. The van der Waals surface area contributed by atoms with E-state index in [0.29, 0.717) is 0 Å². The van der Waals surface area contributed by atoms with Crippen LogP contribution in [0.25, 0.3) is 0 Å². The van der Waals surface area contributed by atoms with Crippen molar-refractivity contribution >= 4 is 49.4 Å². The maximum atomic E-state index is 3.74. The van der Waals surface area contributed by atoms with E-state index in [1.807, 2.05) is 0 Å². The van der Waals surface area contributed by atoms with Crippen LogP contribution in [0.5, 0.6) is 0 Å². The number of nitrogens with one attached hydrogen (secondary N) is 3. The first-order valence-corrected chi connectivity index (χ1v) is 31.5. The average molecular weight is 623 g/mol. The zero-order valence-corrected chi connectivity index (χ0v) is 32.7. The van der Waals surface area contributed by atoms with Crippen LogP contribution in [-0.4, -0.2) is 49.4 Å². The van der Waals surface area contributed by atoms with E-state index in [0.717, 1.165) is 0 Å². The quantitative estimate of drug-likeness (QED) is 0.287. The predicted molar refractivity (Wildman–Crippen MR) is 149 cm³/mol. The molecular formula is C18H57LaN3Si6+3. The zero-order valence-electron chi connectivity index (χ0n) is 23.1. The van der Waals surface area contributed by atoms with Gasteiger partial charge in [0.25, 0.3) is 0 Å². The smallest absolute Gasteiger partial charge is 0.360 e. The van der Waals surface area contributed by atoms with E-state index in [4.69, 9.17) is 0 Å². The van der Waals surface area contributed by atoms with Crippen LogP contribution in [0.2, 0.25) is 118 Å². The Balaban J connectivity index is -0.000000152. The second kappa shape index (κ2) is 13.8. The van der Waals surface area contributed by atoms with Crippen molar-refractivity contribution in [3.05, 3.63) is 0 Å². The summed E-state index contributed by atoms with van der Waals surface area (Å²) in [7, 11) is -5.89. The van der Waals surface area contributed by atoms with E-state index >= 15 is 0 Å². The van der Waals surface area contributed by atoms with Crippen molar-refractivity contribution in [2.45, 2.75) is 118 Å². The fourth-order valence-electron chi connectivity index (χ4n) is 3.38. The van der Waals surface area contributed by atoms with Gasteiger partial charge in [-0.1, -0.05) is 118 Å². The van der Waals surface area contributed by atoms with Crippen molar-refractivity contribution in [1.82, 2.24) is 13.9 Å². The molecule has 0 saturated heterocycles. The molecule has 0 unspecified atom stereocenters. The summed E-state index contributed by atoms with van der Waals surface area (Å²) in [6, 6.07) is 0. The molecule has 168 valence electrons. The molecule has 0 heterocycles. The van der Waals surface area contributed by atoms with Gasteiger partial charge in [-0.15, -0.1) is 0 Å². The molecule has 0 aromatic heterocycles. The molecule has 0 aromatic carbocycles. The van der Waals surface area contributed by atoms with Crippen LogP contribution >= 0.6 is 0 Å². The van der Waals surface area contributed by atoms with Gasteiger partial charge in [-0.2, -0.15) is 0 Å². The van der Waals surface area contributed by atoms with Crippen LogP contribution in [0.1, 0.15) is 0 Å². The summed E-state index contributed by atoms with van der Waals surface area (Å²) >= 11 is 0. The van der Waals surface area contributed by atoms with Crippen molar-refractivity contribution in [2.24, 2.45) is 0 Å². The minimum atomic E-state index is -0.981. The standard InChI is InChI=1S/3C6H19NSi2.La/c3*1-8(2,3)7-9(4,5)6;/h3*7H,1-6H3;/q;;;+3. The molecule has 0 fully saturated rings. The molecular weight excluding hydrogens is 566 g/mol. The van der Waals surface area contributed by atoms with Gasteiger partial charge in [-0.25, -0.2) is 0 Å². The Morgan fingerprint density at radius 3 is 0.321 bits per heavy atom. The van der Waals surface area contributed by atoms with E-state index in [1.165, 1.54) is 0 Å². The second-order valence-corrected chi connectivity index (χ2v) is 43.9. The first-order chi connectivity index (χ1) is 11.1. The summed E-state index contributed by atoms with van der Waals surface area (Å²) < 4.78 is 11.2. The van der Waals surface area contributed by atoms with Gasteiger partial charge in [0.2, 0.25) is 0 Å². The van der Waals surface area contributed by atoms with Gasteiger partial charge < -0.3 is 13.9 Å². The summed E-state index contributed by atoms with van der Waals surface area (Å²) in [6.07, 6.45) is 0. The normalized spacial score (nSPS) is 13.5. The van der Waals surface area contributed by atoms with Gasteiger partial charge in [-0.05, 0) is 0 Å². The molecule has 0 amide bonds. The average Bonchev–Trinajstić information content (AvgIpc) is 1.96. The summed E-state index contributed by atoms with van der Waals surface area (Å²) in [5.41, 5.74) is 0. The van der Waals surface area contributed by atoms with Gasteiger partial charge in [0, 0.05) is 0 Å². The maximum absolute atomic E-state index is 3.74. The minimum absolute atomic E-state index is 0. The number of hydrogen-bond donors (Lipinski definition) is 3. The van der Waals surface area contributed by atoms with Gasteiger partial charge in [0.1, 0.15) is 49.4 Å². The third-order valence-corrected chi connectivity index (χ3v) is 20.2. The predicted octanol–water partition coefficient (Wildman–Crippen LogP) is 6.74. The Hall–Kier alpha value is 2.38. The molecule has 3 nitrogen and oxygen atoms in total. The van der Waals surface area contributed by atoms with Gasteiger partial charge >= 0.3 is 35.6 Å². The molecule has 0 aliphatic rings. The molecule has 10 heteroatoms. The van der Waals surface area contributed by atoms with Crippen molar-refractivity contribution in [2.75, 3.05) is 0 Å². The Kier molecular flexibility index (Phi) is 18.6. The molecule has 0 aliphatic heterocycles. The van der Waals surface area contributed by atoms with Crippen LogP contribution in [0, 0.1) is 35.6 Å². The Bertz CT molecular complexity index is 297. The van der Waals surface area contributed by atoms with Crippen LogP contribution in [0.3, 0.4) is 0 Å². The van der Waals surface area contributed by atoms with E-state index in [9.17, 15) is 0 Å². The first-order valence-electron chi connectivity index (χ1n) is 10.5. The van der Waals surface area contributed by atoms with E-state index in [2.05, 4.69) is 132 Å². The Morgan fingerprint density at radius 2 is 0.321 bits per heavy atom. The summed E-state index contributed by atoms with van der Waals surface area (Å²) in [5.74, 6) is 0. The van der Waals surface area contributed by atoms with E-state index < -0.39 is 49.4 Å². The Labute approximate surface area is 214 Å². The summed E-state index contributed by atoms with van der Waals surface area (Å²) in [6.45, 7) is 42.3. The van der Waals surface area contributed by atoms with Gasteiger partial charge in [0.15, 0.2) is 0 Å². The van der Waals surface area contributed by atoms with Crippen LogP contribution in [0.4, 0.5) is 0 Å². The molecule has 0 aliphatic carbocycles. The molecule has 0 atom stereocenters. The molecule has 0 saturated carbocycles. The fourth-order valence-corrected chi connectivity index (χ4v) is 30.4. The summed E-state index contributed by atoms with van der Waals surface area (Å²) in [4.78, 5) is 0. The number of rotatable bonds is 6. The second-order valence-electron chi connectivity index (χ2n) is 13.9. The van der Waals surface area contributed by atoms with Crippen molar-refractivity contribution in [1.29, 1.82) is 0 Å². The van der Waals surface area contributed by atoms with Crippen LogP contribution < -0.4 is 13.9 Å². The van der Waals surface area contributed by atoms with Crippen LogP contribution in [-0.2, 0) is 0 Å². The largest absolute Gasteiger partial charge is 3.00 e. The van der Waals surface area contributed by atoms with Gasteiger partial charge in [-0.3, -0.25) is 0 Å². The Morgan fingerprint density at radius 1 is 0.250 bits per heavy atom. The van der Waals surface area contributed by atoms with E-state index in [-0.39, 0.29) is 35.6 Å². The SMILES string of the molecule is C[Si](C)(C)N[Si](C)(C)C.C[Si](C)(C)N[Si](C)(C)C.C[Si](C)(C)N[Si](C)(C)C.[La+3]. The third kappa shape index (κ3) is 51.2. The van der Waals surface area contributed by atoms with Gasteiger partial charge in [0.05, 0.1) is 0 Å². The molecule has 28 heavy (non-hydrogen) atoms. The van der Waals surface area contributed by atoms with Crippen molar-refractivity contribution < 1.29 is 35.6 Å². The molecule has 0 rings (SSSR count). The van der Waals surface area contributed by atoms with Crippen molar-refractivity contribution in [3.63, 3.8) is 0 Å². The van der Waals surface area contributed by atoms with Crippen molar-refractivity contribution in [3.8, 4) is 0 Å². The third-order valence-electron chi connectivity index (χ3n) is 2.25. The molecule has 0 bridgehead atoms. The first kappa shape index (κ1) is 37.7. The topological polar surface area (TPSA) is 36.1 Å². The maximum Gasteiger partial charge on any atom is 3.00 e. The minimum Gasteiger partial charge on any atom is -0.360 e. The zero-order chi connectivity index (χ0) is 23.1. The fraction of sp³-hybridized carbons (Fsp3) is 1.00. The monoisotopic (exact) mass is 622 g/mol. The summed E-state index contributed by atoms with van der Waals surface area (Å²) in [5, 5.41) is 0. The molecule has 0 radical (unpaired) electrons. The van der Waals surface area contributed by atoms with E-state index in [1.54, 1.807) is 0 Å². The molecule has 3 N–H and O–H groups in total. The number of hydrogen-bond acceptors (Lipinski definition) is 3. The molecule has 0 aromatic rings. The van der Waals surface area contributed by atoms with Crippen LogP contribution in [0.15, 0.2) is 0 Å².